The fourth-order valence-corrected chi connectivity index (χ4v) is 4.63. The lowest BCUT2D eigenvalue weighted by Crippen LogP contribution is -2.64. The number of aliphatic hydroxyl groups excluding tert-OH is 1. The number of aliphatic hydroxyl groups is 1. The summed E-state index contributed by atoms with van der Waals surface area (Å²) in [6, 6.07) is -4.19. The van der Waals surface area contributed by atoms with Gasteiger partial charge < -0.3 is 34.1 Å². The van der Waals surface area contributed by atoms with E-state index >= 15 is 0 Å². The first kappa shape index (κ1) is 35.8. The van der Waals surface area contributed by atoms with Crippen molar-refractivity contribution in [3.8, 4) is 0 Å². The number of azide groups is 5. The van der Waals surface area contributed by atoms with Gasteiger partial charge in [-0.25, -0.2) is 4.79 Å². The predicted octanol–water partition coefficient (Wildman–Crippen LogP) is 2.87. The normalized spacial score (nSPS) is 30.2. The highest BCUT2D eigenvalue weighted by molar-refractivity contribution is 5.68. The van der Waals surface area contributed by atoms with Gasteiger partial charge in [-0.05, 0) is 40.5 Å². The molecule has 10 atom stereocenters. The van der Waals surface area contributed by atoms with Crippen LogP contribution < -0.4 is 5.32 Å². The van der Waals surface area contributed by atoms with Crippen LogP contribution in [0.4, 0.5) is 4.79 Å². The number of rotatable bonds is 14. The fraction of sp³-hybridized carbons (Fsp3) is 0.850. The van der Waals surface area contributed by atoms with Gasteiger partial charge >= 0.3 is 18.0 Å². The van der Waals surface area contributed by atoms with E-state index in [9.17, 15) is 30.6 Å². The molecule has 1 aliphatic heterocycles. The lowest BCUT2D eigenvalue weighted by atomic mass is 9.84. The van der Waals surface area contributed by atoms with Crippen molar-refractivity contribution in [1.82, 2.24) is 5.32 Å². The van der Waals surface area contributed by atoms with Gasteiger partial charge in [-0.15, -0.1) is 0 Å². The molecule has 1 saturated carbocycles. The molecule has 0 bridgehead atoms. The van der Waals surface area contributed by atoms with Crippen molar-refractivity contribution in [3.05, 3.63) is 52.2 Å². The maximum Gasteiger partial charge on any atom is 0.407 e. The van der Waals surface area contributed by atoms with E-state index in [-0.39, 0.29) is 25.9 Å². The molecule has 2 rings (SSSR count). The van der Waals surface area contributed by atoms with Gasteiger partial charge in [-0.3, -0.25) is 9.59 Å². The Morgan fingerprint density at radius 1 is 0.822 bits per heavy atom. The largest absolute Gasteiger partial charge is 0.458 e. The Hall–Kier alpha value is -5.36. The molecular weight excluding hydrogens is 608 g/mol. The number of esters is 2. The SMILES string of the molecule is CC(=O)O[C@@H]1[C@@H](N=[N+]=[N-])[C@@H](O[C@H]2[C@H](OC(=O)NCCCN=[N+]=[N-])[C@@H](O)[C@H](N=[N+]=[N-])C[C@@H]2N=[N+]=[N-])O[C@H](CN=[N+]=[N-])[C@H]1OC(C)=O. The molecule has 0 radical (unpaired) electrons. The Labute approximate surface area is 252 Å². The smallest absolute Gasteiger partial charge is 0.407 e. The van der Waals surface area contributed by atoms with Crippen LogP contribution in [-0.2, 0) is 33.3 Å². The molecule has 2 fully saturated rings. The number of carbonyl (C=O) groups excluding carboxylic acids is 3. The fourth-order valence-electron chi connectivity index (χ4n) is 4.63. The van der Waals surface area contributed by atoms with Crippen LogP contribution in [-0.4, -0.2) is 104 Å². The number of nitrogens with one attached hydrogen (secondary N) is 1. The van der Waals surface area contributed by atoms with Gasteiger partial charge in [0, 0.05) is 51.5 Å². The molecule has 0 aromatic carbocycles. The van der Waals surface area contributed by atoms with E-state index in [1.807, 2.05) is 0 Å². The van der Waals surface area contributed by atoms with Crippen molar-refractivity contribution in [2.75, 3.05) is 19.6 Å². The van der Waals surface area contributed by atoms with E-state index in [1.54, 1.807) is 0 Å². The summed E-state index contributed by atoms with van der Waals surface area (Å²) in [5.74, 6) is -1.75. The highest BCUT2D eigenvalue weighted by Crippen LogP contribution is 2.35. The zero-order valence-electron chi connectivity index (χ0n) is 23.7. The molecule has 25 nitrogen and oxygen atoms in total. The van der Waals surface area contributed by atoms with Crippen LogP contribution in [0.2, 0.25) is 0 Å². The van der Waals surface area contributed by atoms with E-state index in [0.29, 0.717) is 0 Å². The molecule has 1 heterocycles. The first-order chi connectivity index (χ1) is 21.6. The van der Waals surface area contributed by atoms with Crippen LogP contribution in [0.15, 0.2) is 25.6 Å². The summed E-state index contributed by atoms with van der Waals surface area (Å²) in [5.41, 5.74) is 44.8. The van der Waals surface area contributed by atoms with Gasteiger partial charge in [0.1, 0.15) is 24.4 Å². The number of alkyl carbamates (subject to hydrolysis) is 1. The van der Waals surface area contributed by atoms with Gasteiger partial charge in [0.15, 0.2) is 24.6 Å². The molecular formula is C20H28N16O9. The van der Waals surface area contributed by atoms with Crippen LogP contribution in [0.3, 0.4) is 0 Å². The second kappa shape index (κ2) is 18.3. The summed E-state index contributed by atoms with van der Waals surface area (Å²) in [4.78, 5) is 50.0. The molecule has 2 aliphatic rings. The Balaban J connectivity index is 2.55. The molecule has 0 spiro atoms. The molecule has 45 heavy (non-hydrogen) atoms. The highest BCUT2D eigenvalue weighted by atomic mass is 16.7. The number of carbonyl (C=O) groups is 3. The van der Waals surface area contributed by atoms with Crippen molar-refractivity contribution in [2.45, 2.75) is 87.7 Å². The second-order valence-corrected chi connectivity index (χ2v) is 9.28. The Kier molecular flexibility index (Phi) is 14.6. The molecule has 0 aromatic rings. The lowest BCUT2D eigenvalue weighted by Gasteiger charge is -2.47. The number of amides is 1. The van der Waals surface area contributed by atoms with E-state index < -0.39 is 85.6 Å². The molecule has 25 heteroatoms. The minimum atomic E-state index is -1.75. The summed E-state index contributed by atoms with van der Waals surface area (Å²) in [7, 11) is 0. The number of ether oxygens (including phenoxy) is 5. The molecule has 0 unspecified atom stereocenters. The lowest BCUT2D eigenvalue weighted by molar-refractivity contribution is -0.291. The number of nitrogens with zero attached hydrogens (tertiary/aromatic N) is 15. The minimum absolute atomic E-state index is 0.0147. The zero-order chi connectivity index (χ0) is 33.4. The molecule has 242 valence electrons. The van der Waals surface area contributed by atoms with E-state index in [4.69, 9.17) is 40.3 Å². The molecule has 1 aliphatic carbocycles. The average molecular weight is 637 g/mol. The highest BCUT2D eigenvalue weighted by Gasteiger charge is 2.54. The van der Waals surface area contributed by atoms with Gasteiger partial charge in [0.05, 0.1) is 18.6 Å². The summed E-state index contributed by atoms with van der Waals surface area (Å²) in [5, 5.41) is 30.9. The third-order valence-electron chi connectivity index (χ3n) is 6.35. The minimum Gasteiger partial charge on any atom is -0.458 e. The van der Waals surface area contributed by atoms with Crippen LogP contribution in [0.5, 0.6) is 0 Å². The van der Waals surface area contributed by atoms with E-state index in [2.05, 4.69) is 55.4 Å². The Bertz CT molecular complexity index is 1320. The summed E-state index contributed by atoms with van der Waals surface area (Å²) >= 11 is 0. The van der Waals surface area contributed by atoms with Crippen molar-refractivity contribution in [3.63, 3.8) is 0 Å². The number of hydrogen-bond acceptors (Lipinski definition) is 14. The average Bonchev–Trinajstić information content (AvgIpc) is 2.98. The molecule has 0 aromatic heterocycles. The Morgan fingerprint density at radius 2 is 1.44 bits per heavy atom. The predicted molar refractivity (Wildman–Crippen MR) is 145 cm³/mol. The van der Waals surface area contributed by atoms with Crippen molar-refractivity contribution < 1.29 is 43.2 Å². The van der Waals surface area contributed by atoms with Gasteiger partial charge in [-0.1, -0.05) is 25.6 Å². The van der Waals surface area contributed by atoms with Crippen LogP contribution >= 0.6 is 0 Å². The van der Waals surface area contributed by atoms with Gasteiger partial charge in [0.2, 0.25) is 0 Å². The Morgan fingerprint density at radius 3 is 2.04 bits per heavy atom. The molecule has 1 amide bonds. The van der Waals surface area contributed by atoms with Gasteiger partial charge in [0.25, 0.3) is 0 Å². The quantitative estimate of drug-likeness (QED) is 0.0705. The zero-order valence-corrected chi connectivity index (χ0v) is 23.7. The summed E-state index contributed by atoms with van der Waals surface area (Å²) in [6.07, 6.45) is -12.3. The van der Waals surface area contributed by atoms with Crippen molar-refractivity contribution in [1.29, 1.82) is 0 Å². The van der Waals surface area contributed by atoms with Crippen LogP contribution in [0, 0.1) is 0 Å². The first-order valence-electron chi connectivity index (χ1n) is 13.0. The van der Waals surface area contributed by atoms with E-state index in [0.717, 1.165) is 13.8 Å². The molecule has 2 N–H and O–H groups in total. The summed E-state index contributed by atoms with van der Waals surface area (Å²) < 4.78 is 27.9. The summed E-state index contributed by atoms with van der Waals surface area (Å²) in [6.45, 7) is 1.60. The monoisotopic (exact) mass is 636 g/mol. The standard InChI is InChI=1S/C20H28N16O9/c1-8(37)41-16-12(7-28-33-22)43-19(13(31-36-25)17(16)42-9(2)38)44-15-11(30-35-24)6-10(29-34-23)14(39)18(15)45-20(40)26-4-3-5-27-32-21/h10-19,39H,3-7H2,1-2H3,(H,26,40)/t10-,11+,12-,13-,14+,15-,16-,17-,18-,19-/m1/s1. The van der Waals surface area contributed by atoms with Crippen molar-refractivity contribution >= 4 is 18.0 Å². The third kappa shape index (κ3) is 10.4. The second-order valence-electron chi connectivity index (χ2n) is 9.28. The van der Waals surface area contributed by atoms with Crippen LogP contribution in [0.1, 0.15) is 26.7 Å². The van der Waals surface area contributed by atoms with E-state index in [1.165, 1.54) is 0 Å². The third-order valence-corrected chi connectivity index (χ3v) is 6.35. The topological polar surface area (TPSA) is 373 Å². The van der Waals surface area contributed by atoms with Crippen molar-refractivity contribution in [2.24, 2.45) is 25.6 Å². The number of hydrogen-bond donors (Lipinski definition) is 2. The maximum atomic E-state index is 12.7. The maximum absolute atomic E-state index is 12.7. The first-order valence-corrected chi connectivity index (χ1v) is 13.0. The molecule has 1 saturated heterocycles. The van der Waals surface area contributed by atoms with Crippen LogP contribution in [0.25, 0.3) is 52.2 Å². The van der Waals surface area contributed by atoms with Gasteiger partial charge in [-0.2, -0.15) is 0 Å².